The molecule has 1 fully saturated rings. The highest BCUT2D eigenvalue weighted by molar-refractivity contribution is 5.81. The number of alkyl halides is 2. The van der Waals surface area contributed by atoms with E-state index in [2.05, 4.69) is 11.3 Å². The van der Waals surface area contributed by atoms with E-state index < -0.39 is 37.0 Å². The Morgan fingerprint density at radius 3 is 2.75 bits per heavy atom. The molecule has 0 aromatic carbocycles. The van der Waals surface area contributed by atoms with E-state index in [4.69, 9.17) is 5.11 Å². The largest absolute Gasteiger partial charge is 0.480 e. The number of hydrogen-bond donors (Lipinski definition) is 1. The first-order valence-corrected chi connectivity index (χ1v) is 4.52. The van der Waals surface area contributed by atoms with E-state index in [9.17, 15) is 18.4 Å². The van der Waals surface area contributed by atoms with Crippen LogP contribution in [0.5, 0.6) is 0 Å². The average Bonchev–Trinajstić information content (AvgIpc) is 2.51. The van der Waals surface area contributed by atoms with E-state index in [1.807, 2.05) is 0 Å². The maximum atomic E-state index is 13.0. The molecule has 1 N–H and O–H groups in total. The molecule has 0 spiro atoms. The molecule has 1 unspecified atom stereocenters. The van der Waals surface area contributed by atoms with Gasteiger partial charge in [-0.15, -0.1) is 0 Å². The summed E-state index contributed by atoms with van der Waals surface area (Å²) >= 11 is 0. The first-order chi connectivity index (χ1) is 7.37. The van der Waals surface area contributed by atoms with Crippen LogP contribution in [0.2, 0.25) is 0 Å². The van der Waals surface area contributed by atoms with Gasteiger partial charge in [-0.3, -0.25) is 4.90 Å². The Hall–Kier alpha value is -1.66. The molecule has 1 atom stereocenters. The summed E-state index contributed by atoms with van der Waals surface area (Å²) in [6.45, 7) is 2.21. The summed E-state index contributed by atoms with van der Waals surface area (Å²) in [6.07, 6.45) is -0.683. The van der Waals surface area contributed by atoms with Crippen LogP contribution in [0.3, 0.4) is 0 Å². The van der Waals surface area contributed by atoms with Crippen LogP contribution in [-0.2, 0) is 9.53 Å². The highest BCUT2D eigenvalue weighted by Crippen LogP contribution is 2.32. The number of aliphatic carboxylic acids is 1. The van der Waals surface area contributed by atoms with Crippen LogP contribution in [-0.4, -0.2) is 47.2 Å². The van der Waals surface area contributed by atoms with Crippen molar-refractivity contribution >= 4 is 12.1 Å². The summed E-state index contributed by atoms with van der Waals surface area (Å²) in [5, 5.41) is 8.69. The molecule has 0 aromatic heterocycles. The van der Waals surface area contributed by atoms with E-state index >= 15 is 0 Å². The Bertz CT molecular complexity index is 319. The molecule has 16 heavy (non-hydrogen) atoms. The van der Waals surface area contributed by atoms with Crippen LogP contribution in [0.1, 0.15) is 6.42 Å². The predicted molar refractivity (Wildman–Crippen MR) is 49.2 cm³/mol. The van der Waals surface area contributed by atoms with E-state index in [0.29, 0.717) is 4.90 Å². The zero-order valence-electron chi connectivity index (χ0n) is 8.36. The van der Waals surface area contributed by atoms with E-state index in [-0.39, 0.29) is 6.61 Å². The van der Waals surface area contributed by atoms with Gasteiger partial charge in [-0.1, -0.05) is 12.7 Å². The Morgan fingerprint density at radius 1 is 1.62 bits per heavy atom. The van der Waals surface area contributed by atoms with Crippen LogP contribution in [0.15, 0.2) is 12.7 Å². The third kappa shape index (κ3) is 2.68. The molecule has 0 bridgehead atoms. The molecule has 0 radical (unpaired) electrons. The molecule has 5 nitrogen and oxygen atoms in total. The zero-order valence-corrected chi connectivity index (χ0v) is 8.36. The fraction of sp³-hybridized carbons (Fsp3) is 0.556. The second-order valence-corrected chi connectivity index (χ2v) is 3.41. The van der Waals surface area contributed by atoms with Gasteiger partial charge in [0.05, 0.1) is 6.54 Å². The average molecular weight is 235 g/mol. The van der Waals surface area contributed by atoms with Crippen molar-refractivity contribution in [3.8, 4) is 0 Å². The van der Waals surface area contributed by atoms with E-state index in [1.165, 1.54) is 6.08 Å². The number of carboxylic acids is 1. The molecule has 1 aliphatic rings. The minimum atomic E-state index is -3.18. The summed E-state index contributed by atoms with van der Waals surface area (Å²) in [5.74, 6) is -4.65. The number of hydrogen-bond acceptors (Lipinski definition) is 3. The van der Waals surface area contributed by atoms with Crippen molar-refractivity contribution in [3.05, 3.63) is 12.7 Å². The second kappa shape index (κ2) is 4.46. The molecule has 1 amide bonds. The Kier molecular flexibility index (Phi) is 3.46. The molecule has 0 saturated carbocycles. The van der Waals surface area contributed by atoms with Gasteiger partial charge in [-0.25, -0.2) is 18.4 Å². The number of amides is 1. The lowest BCUT2D eigenvalue weighted by atomic mass is 10.2. The molecule has 1 aliphatic heterocycles. The fourth-order valence-electron chi connectivity index (χ4n) is 1.44. The van der Waals surface area contributed by atoms with Crippen molar-refractivity contribution in [3.63, 3.8) is 0 Å². The number of carboxylic acid groups (broad SMARTS) is 1. The van der Waals surface area contributed by atoms with Crippen molar-refractivity contribution in [2.45, 2.75) is 18.4 Å². The number of ether oxygens (including phenoxy) is 1. The highest BCUT2D eigenvalue weighted by atomic mass is 19.3. The topological polar surface area (TPSA) is 66.8 Å². The number of likely N-dealkylation sites (tertiary alicyclic amines) is 1. The molecule has 1 heterocycles. The van der Waals surface area contributed by atoms with Gasteiger partial charge in [0.15, 0.2) is 0 Å². The monoisotopic (exact) mass is 235 g/mol. The molecular formula is C9H11F2NO4. The summed E-state index contributed by atoms with van der Waals surface area (Å²) < 4.78 is 30.4. The minimum Gasteiger partial charge on any atom is -0.480 e. The smallest absolute Gasteiger partial charge is 0.411 e. The third-order valence-corrected chi connectivity index (χ3v) is 2.11. The molecule has 1 saturated heterocycles. The maximum absolute atomic E-state index is 13.0. The standard InChI is InChI=1S/C9H11F2NO4/c1-2-3-16-8(15)12-5-9(10,11)4-6(12)7(13)14/h2,6H,1,3-5H2,(H,13,14). The fourth-order valence-corrected chi connectivity index (χ4v) is 1.44. The number of carbonyl (C=O) groups is 2. The predicted octanol–water partition coefficient (Wildman–Crippen LogP) is 1.10. The maximum Gasteiger partial charge on any atom is 0.411 e. The molecular weight excluding hydrogens is 224 g/mol. The Balaban J connectivity index is 2.73. The van der Waals surface area contributed by atoms with Gasteiger partial charge < -0.3 is 9.84 Å². The zero-order chi connectivity index (χ0) is 12.3. The molecule has 0 aromatic rings. The number of carbonyl (C=O) groups excluding carboxylic acids is 1. The lowest BCUT2D eigenvalue weighted by Crippen LogP contribution is -2.41. The van der Waals surface area contributed by atoms with Gasteiger partial charge in [0.1, 0.15) is 12.6 Å². The van der Waals surface area contributed by atoms with Crippen molar-refractivity contribution in [2.24, 2.45) is 0 Å². The third-order valence-electron chi connectivity index (χ3n) is 2.11. The normalized spacial score (nSPS) is 22.9. The number of nitrogens with zero attached hydrogens (tertiary/aromatic N) is 1. The van der Waals surface area contributed by atoms with Gasteiger partial charge >= 0.3 is 12.1 Å². The van der Waals surface area contributed by atoms with Crippen LogP contribution in [0, 0.1) is 0 Å². The van der Waals surface area contributed by atoms with Crippen molar-refractivity contribution in [1.82, 2.24) is 4.90 Å². The highest BCUT2D eigenvalue weighted by Gasteiger charge is 2.50. The first-order valence-electron chi connectivity index (χ1n) is 4.52. The first kappa shape index (κ1) is 12.4. The van der Waals surface area contributed by atoms with Crippen molar-refractivity contribution < 1.29 is 28.2 Å². The minimum absolute atomic E-state index is 0.146. The molecule has 1 rings (SSSR count). The summed E-state index contributed by atoms with van der Waals surface area (Å²) in [5.41, 5.74) is 0. The van der Waals surface area contributed by atoms with Crippen LogP contribution < -0.4 is 0 Å². The van der Waals surface area contributed by atoms with Crippen molar-refractivity contribution in [1.29, 1.82) is 0 Å². The van der Waals surface area contributed by atoms with Gasteiger partial charge in [0.2, 0.25) is 0 Å². The summed E-state index contributed by atoms with van der Waals surface area (Å²) in [6, 6.07) is -1.53. The van der Waals surface area contributed by atoms with Crippen LogP contribution >= 0.6 is 0 Å². The lowest BCUT2D eigenvalue weighted by Gasteiger charge is -2.19. The van der Waals surface area contributed by atoms with E-state index in [0.717, 1.165) is 0 Å². The molecule has 90 valence electrons. The van der Waals surface area contributed by atoms with Gasteiger partial charge in [0.25, 0.3) is 5.92 Å². The van der Waals surface area contributed by atoms with Gasteiger partial charge in [-0.2, -0.15) is 0 Å². The number of halogens is 2. The Morgan fingerprint density at radius 2 is 2.25 bits per heavy atom. The van der Waals surface area contributed by atoms with Crippen LogP contribution in [0.25, 0.3) is 0 Å². The van der Waals surface area contributed by atoms with Crippen molar-refractivity contribution in [2.75, 3.05) is 13.2 Å². The quantitative estimate of drug-likeness (QED) is 0.744. The van der Waals surface area contributed by atoms with Gasteiger partial charge in [-0.05, 0) is 0 Å². The van der Waals surface area contributed by atoms with Crippen LogP contribution in [0.4, 0.5) is 13.6 Å². The second-order valence-electron chi connectivity index (χ2n) is 3.41. The SMILES string of the molecule is C=CCOC(=O)N1CC(F)(F)CC1C(=O)O. The summed E-state index contributed by atoms with van der Waals surface area (Å²) in [7, 11) is 0. The Labute approximate surface area is 90.3 Å². The summed E-state index contributed by atoms with van der Waals surface area (Å²) in [4.78, 5) is 22.5. The molecule has 7 heteroatoms. The lowest BCUT2D eigenvalue weighted by molar-refractivity contribution is -0.142. The van der Waals surface area contributed by atoms with Gasteiger partial charge in [0, 0.05) is 6.42 Å². The molecule has 0 aliphatic carbocycles. The van der Waals surface area contributed by atoms with E-state index in [1.54, 1.807) is 0 Å². The number of rotatable bonds is 3.